The lowest BCUT2D eigenvalue weighted by Gasteiger charge is -2.34. The standard InChI is InChI=1S/C21H27N3O3S/c1-14(25)22-16-10-8-15(9-11-16)19-23-17(13-28-19)18-7-5-6-12-24(18)27-20(26)21(2,3)4/h8-11,13,18H,5-7,12H2,1-4H3,(H,22,25)/t18-/m1/s1. The first kappa shape index (κ1) is 20.5. The Morgan fingerprint density at radius 1 is 1.21 bits per heavy atom. The maximum absolute atomic E-state index is 12.3. The summed E-state index contributed by atoms with van der Waals surface area (Å²) in [6, 6.07) is 7.63. The average Bonchev–Trinajstić information content (AvgIpc) is 3.11. The zero-order valence-electron chi connectivity index (χ0n) is 16.8. The van der Waals surface area contributed by atoms with Crippen LogP contribution in [0.2, 0.25) is 0 Å². The second-order valence-electron chi connectivity index (χ2n) is 8.12. The van der Waals surface area contributed by atoms with E-state index in [2.05, 4.69) is 5.32 Å². The number of benzene rings is 1. The van der Waals surface area contributed by atoms with Crippen molar-refractivity contribution >= 4 is 28.9 Å². The summed E-state index contributed by atoms with van der Waals surface area (Å²) in [6.45, 7) is 7.80. The van der Waals surface area contributed by atoms with Gasteiger partial charge in [0.2, 0.25) is 5.91 Å². The first-order valence-corrected chi connectivity index (χ1v) is 10.4. The number of hydrogen-bond donors (Lipinski definition) is 1. The fourth-order valence-corrected chi connectivity index (χ4v) is 3.90. The first-order chi connectivity index (χ1) is 13.2. The quantitative estimate of drug-likeness (QED) is 0.797. The molecule has 3 rings (SSSR count). The van der Waals surface area contributed by atoms with E-state index in [1.54, 1.807) is 16.4 Å². The summed E-state index contributed by atoms with van der Waals surface area (Å²) in [7, 11) is 0. The van der Waals surface area contributed by atoms with Crippen molar-refractivity contribution in [2.45, 2.75) is 53.0 Å². The molecule has 1 saturated heterocycles. The normalized spacial score (nSPS) is 17.9. The fourth-order valence-electron chi connectivity index (χ4n) is 3.02. The van der Waals surface area contributed by atoms with Gasteiger partial charge in [0.25, 0.3) is 0 Å². The maximum atomic E-state index is 12.3. The summed E-state index contributed by atoms with van der Waals surface area (Å²) in [5.74, 6) is -0.310. The minimum absolute atomic E-state index is 0.0105. The number of anilines is 1. The van der Waals surface area contributed by atoms with Crippen molar-refractivity contribution in [2.75, 3.05) is 11.9 Å². The summed E-state index contributed by atoms with van der Waals surface area (Å²) in [6.07, 6.45) is 3.02. The highest BCUT2D eigenvalue weighted by Gasteiger charge is 2.33. The number of rotatable bonds is 4. The van der Waals surface area contributed by atoms with E-state index < -0.39 is 5.41 Å². The van der Waals surface area contributed by atoms with Gasteiger partial charge in [-0.1, -0.05) is 0 Å². The number of amides is 1. The van der Waals surface area contributed by atoms with Crippen LogP contribution in [0.25, 0.3) is 10.6 Å². The van der Waals surface area contributed by atoms with Crippen molar-refractivity contribution in [3.05, 3.63) is 35.3 Å². The predicted molar refractivity (Wildman–Crippen MR) is 111 cm³/mol. The minimum atomic E-state index is -0.537. The number of hydrogen-bond acceptors (Lipinski definition) is 6. The molecule has 1 N–H and O–H groups in total. The smallest absolute Gasteiger partial charge is 0.330 e. The molecule has 1 aliphatic rings. The third kappa shape index (κ3) is 4.97. The molecule has 0 saturated carbocycles. The molecule has 150 valence electrons. The molecule has 0 aliphatic carbocycles. The number of hydroxylamine groups is 2. The summed E-state index contributed by atoms with van der Waals surface area (Å²) >= 11 is 1.58. The van der Waals surface area contributed by atoms with Crippen LogP contribution in [0.5, 0.6) is 0 Å². The summed E-state index contributed by atoms with van der Waals surface area (Å²) in [5.41, 5.74) is 2.16. The molecular formula is C21H27N3O3S. The summed E-state index contributed by atoms with van der Waals surface area (Å²) in [5, 5.41) is 7.53. The molecule has 1 aromatic heterocycles. The second kappa shape index (κ2) is 8.41. The number of nitrogens with one attached hydrogen (secondary N) is 1. The van der Waals surface area contributed by atoms with E-state index in [0.29, 0.717) is 0 Å². The molecule has 1 amide bonds. The Morgan fingerprint density at radius 2 is 1.93 bits per heavy atom. The van der Waals surface area contributed by atoms with Crippen molar-refractivity contribution < 1.29 is 14.4 Å². The van der Waals surface area contributed by atoms with Gasteiger partial charge >= 0.3 is 5.97 Å². The molecule has 1 atom stereocenters. The SMILES string of the molecule is CC(=O)Nc1ccc(-c2nc([C@H]3CCCCN3OC(=O)C(C)(C)C)cs2)cc1. The average molecular weight is 402 g/mol. The molecule has 2 heterocycles. The number of piperidine rings is 1. The van der Waals surface area contributed by atoms with E-state index in [-0.39, 0.29) is 17.9 Å². The van der Waals surface area contributed by atoms with Crippen LogP contribution in [0.3, 0.4) is 0 Å². The molecule has 6 nitrogen and oxygen atoms in total. The van der Waals surface area contributed by atoms with Crippen LogP contribution in [0.4, 0.5) is 5.69 Å². The summed E-state index contributed by atoms with van der Waals surface area (Å²) < 4.78 is 0. The second-order valence-corrected chi connectivity index (χ2v) is 8.98. The maximum Gasteiger partial charge on any atom is 0.330 e. The van der Waals surface area contributed by atoms with Gasteiger partial charge in [-0.05, 0) is 64.3 Å². The van der Waals surface area contributed by atoms with Gasteiger partial charge in [0, 0.05) is 30.1 Å². The molecule has 1 fully saturated rings. The molecule has 0 unspecified atom stereocenters. The predicted octanol–water partition coefficient (Wildman–Crippen LogP) is 4.80. The number of aromatic nitrogens is 1. The van der Waals surface area contributed by atoms with E-state index in [4.69, 9.17) is 9.82 Å². The van der Waals surface area contributed by atoms with Crippen molar-refractivity contribution in [1.29, 1.82) is 0 Å². The summed E-state index contributed by atoms with van der Waals surface area (Å²) in [4.78, 5) is 34.0. The highest BCUT2D eigenvalue weighted by molar-refractivity contribution is 7.13. The molecule has 28 heavy (non-hydrogen) atoms. The van der Waals surface area contributed by atoms with Crippen LogP contribution in [-0.4, -0.2) is 28.5 Å². The third-order valence-corrected chi connectivity index (χ3v) is 5.49. The van der Waals surface area contributed by atoms with Gasteiger partial charge in [0.1, 0.15) is 5.01 Å². The molecule has 7 heteroatoms. The number of carbonyl (C=O) groups excluding carboxylic acids is 2. The molecule has 1 aromatic carbocycles. The van der Waals surface area contributed by atoms with Crippen LogP contribution in [0, 0.1) is 5.41 Å². The van der Waals surface area contributed by atoms with Crippen molar-refractivity contribution in [3.8, 4) is 10.6 Å². The first-order valence-electron chi connectivity index (χ1n) is 9.56. The molecule has 2 aromatic rings. The molecule has 0 spiro atoms. The van der Waals surface area contributed by atoms with Crippen molar-refractivity contribution in [3.63, 3.8) is 0 Å². The van der Waals surface area contributed by atoms with Crippen LogP contribution in [-0.2, 0) is 14.4 Å². The highest BCUT2D eigenvalue weighted by Crippen LogP contribution is 2.35. The van der Waals surface area contributed by atoms with Crippen LogP contribution >= 0.6 is 11.3 Å². The lowest BCUT2D eigenvalue weighted by atomic mass is 9.97. The zero-order valence-corrected chi connectivity index (χ0v) is 17.6. The lowest BCUT2D eigenvalue weighted by molar-refractivity contribution is -0.218. The molecule has 0 radical (unpaired) electrons. The lowest BCUT2D eigenvalue weighted by Crippen LogP contribution is -2.39. The van der Waals surface area contributed by atoms with E-state index in [0.717, 1.165) is 47.8 Å². The number of carbonyl (C=O) groups is 2. The van der Waals surface area contributed by atoms with Crippen LogP contribution in [0.15, 0.2) is 29.6 Å². The molecule has 0 bridgehead atoms. The van der Waals surface area contributed by atoms with Gasteiger partial charge in [-0.2, -0.15) is 0 Å². The Hall–Kier alpha value is -2.25. The van der Waals surface area contributed by atoms with E-state index in [9.17, 15) is 9.59 Å². The Bertz CT molecular complexity index is 839. The van der Waals surface area contributed by atoms with Gasteiger partial charge < -0.3 is 10.2 Å². The van der Waals surface area contributed by atoms with E-state index in [1.165, 1.54) is 6.92 Å². The largest absolute Gasteiger partial charge is 0.367 e. The Morgan fingerprint density at radius 3 is 2.57 bits per heavy atom. The Labute approximate surface area is 169 Å². The monoisotopic (exact) mass is 401 g/mol. The van der Waals surface area contributed by atoms with Gasteiger partial charge in [-0.25, -0.2) is 9.78 Å². The minimum Gasteiger partial charge on any atom is -0.367 e. The number of thiazole rings is 1. The van der Waals surface area contributed by atoms with E-state index >= 15 is 0 Å². The van der Waals surface area contributed by atoms with Gasteiger partial charge in [0.05, 0.1) is 17.2 Å². The Kier molecular flexibility index (Phi) is 6.15. The molecule has 1 aliphatic heterocycles. The van der Waals surface area contributed by atoms with Crippen LogP contribution < -0.4 is 5.32 Å². The fraction of sp³-hybridized carbons (Fsp3) is 0.476. The van der Waals surface area contributed by atoms with Crippen LogP contribution in [0.1, 0.15) is 58.7 Å². The highest BCUT2D eigenvalue weighted by atomic mass is 32.1. The number of nitrogens with zero attached hydrogens (tertiary/aromatic N) is 2. The third-order valence-electron chi connectivity index (χ3n) is 4.58. The van der Waals surface area contributed by atoms with Crippen molar-refractivity contribution in [2.24, 2.45) is 5.41 Å². The van der Waals surface area contributed by atoms with Gasteiger partial charge in [-0.15, -0.1) is 16.4 Å². The van der Waals surface area contributed by atoms with Crippen molar-refractivity contribution in [1.82, 2.24) is 10.0 Å². The van der Waals surface area contributed by atoms with Gasteiger partial charge in [-0.3, -0.25) is 4.79 Å². The molecular weight excluding hydrogens is 374 g/mol. The van der Waals surface area contributed by atoms with E-state index in [1.807, 2.05) is 50.4 Å². The zero-order chi connectivity index (χ0) is 20.3. The Balaban J connectivity index is 1.75. The van der Waals surface area contributed by atoms with Gasteiger partial charge in [0.15, 0.2) is 0 Å². The topological polar surface area (TPSA) is 71.5 Å².